The van der Waals surface area contributed by atoms with E-state index in [0.29, 0.717) is 5.56 Å². The molecule has 0 bridgehead atoms. The Morgan fingerprint density at radius 1 is 1.25 bits per heavy atom. The second kappa shape index (κ2) is 7.68. The number of hydrogen-bond donors (Lipinski definition) is 3. The predicted molar refractivity (Wildman–Crippen MR) is 72.2 cm³/mol. The summed E-state index contributed by atoms with van der Waals surface area (Å²) in [6, 6.07) is 5.09. The Kier molecular flexibility index (Phi) is 7.58. The van der Waals surface area contributed by atoms with E-state index in [0.717, 1.165) is 5.56 Å². The minimum Gasteiger partial charge on any atom is -1.00 e. The summed E-state index contributed by atoms with van der Waals surface area (Å²) in [7, 11) is 0. The molecule has 0 aliphatic heterocycles. The van der Waals surface area contributed by atoms with Crippen LogP contribution in [-0.2, 0) is 21.5 Å². The first-order valence-electron chi connectivity index (χ1n) is 5.97. The first-order valence-corrected chi connectivity index (χ1v) is 5.97. The van der Waals surface area contributed by atoms with Crippen molar-refractivity contribution < 1.29 is 72.6 Å². The van der Waals surface area contributed by atoms with Crippen LogP contribution in [0.15, 0.2) is 18.2 Å². The third-order valence-electron chi connectivity index (χ3n) is 3.03. The van der Waals surface area contributed by atoms with Crippen LogP contribution < -0.4 is 57.1 Å². The minimum atomic E-state index is -1.58. The van der Waals surface area contributed by atoms with Gasteiger partial charge in [-0.3, -0.25) is 9.59 Å². The number of carboxylic acid groups (broad SMARTS) is 2. The van der Waals surface area contributed by atoms with Crippen LogP contribution in [0.1, 0.15) is 44.8 Å². The molecule has 1 rings (SSSR count). The van der Waals surface area contributed by atoms with E-state index < -0.39 is 17.9 Å². The van der Waals surface area contributed by atoms with Crippen LogP contribution in [0, 0.1) is 0 Å². The maximum absolute atomic E-state index is 11.1. The summed E-state index contributed by atoms with van der Waals surface area (Å²) >= 11 is 0. The van der Waals surface area contributed by atoms with Crippen molar-refractivity contribution in [1.29, 1.82) is 0 Å². The van der Waals surface area contributed by atoms with Crippen LogP contribution in [0.25, 0.3) is 0 Å². The molecule has 6 heteroatoms. The molecule has 0 atom stereocenters. The molecule has 106 valence electrons. The number of aliphatic carboxylic acids is 2. The van der Waals surface area contributed by atoms with Crippen LogP contribution in [0.3, 0.4) is 0 Å². The molecule has 0 heterocycles. The molecule has 1 aromatic carbocycles. The van der Waals surface area contributed by atoms with E-state index in [1.165, 1.54) is 0 Å². The van der Waals surface area contributed by atoms with E-state index in [2.05, 4.69) is 0 Å². The number of rotatable bonds is 4. The molecule has 0 aliphatic rings. The molecule has 5 nitrogen and oxygen atoms in total. The van der Waals surface area contributed by atoms with Crippen molar-refractivity contribution in [3.05, 3.63) is 34.9 Å². The van der Waals surface area contributed by atoms with Crippen molar-refractivity contribution in [1.82, 2.24) is 0 Å². The Balaban J connectivity index is 0. The molecule has 0 radical (unpaired) electrons. The van der Waals surface area contributed by atoms with Gasteiger partial charge in [0.15, 0.2) is 5.92 Å². The predicted octanol–water partition coefficient (Wildman–Crippen LogP) is -1.19. The van der Waals surface area contributed by atoms with Crippen molar-refractivity contribution in [3.63, 3.8) is 0 Å². The molecule has 0 aliphatic carbocycles. The molecular weight excluding hydrogens is 285 g/mol. The molecule has 20 heavy (non-hydrogen) atoms. The van der Waals surface area contributed by atoms with Crippen LogP contribution >= 0.6 is 0 Å². The molecular formula is C14H20KNO4. The van der Waals surface area contributed by atoms with Gasteiger partial charge in [-0.15, -0.1) is 0 Å². The summed E-state index contributed by atoms with van der Waals surface area (Å²) in [5.74, 6) is -4.34. The Hall–Kier alpha value is -0.244. The molecule has 0 spiro atoms. The Bertz CT molecular complexity index is 500. The van der Waals surface area contributed by atoms with E-state index in [9.17, 15) is 9.59 Å². The number of hydrogen-bond acceptors (Lipinski definition) is 3. The molecule has 0 aromatic heterocycles. The number of benzene rings is 1. The monoisotopic (exact) mass is 305 g/mol. The van der Waals surface area contributed by atoms with Crippen LogP contribution in [0.2, 0.25) is 0 Å². The van der Waals surface area contributed by atoms with Crippen molar-refractivity contribution in [3.8, 4) is 0 Å². The summed E-state index contributed by atoms with van der Waals surface area (Å²) in [6.07, 6.45) is 0. The zero-order valence-electron chi connectivity index (χ0n) is 13.3. The zero-order valence-corrected chi connectivity index (χ0v) is 15.4. The third kappa shape index (κ3) is 4.65. The topological polar surface area (TPSA) is 101 Å². The fraction of sp³-hybridized carbons (Fsp3) is 0.429. The van der Waals surface area contributed by atoms with Gasteiger partial charge in [-0.1, -0.05) is 39.0 Å². The molecule has 0 saturated carbocycles. The zero-order chi connectivity index (χ0) is 14.8. The Morgan fingerprint density at radius 2 is 1.75 bits per heavy atom. The summed E-state index contributed by atoms with van der Waals surface area (Å²) in [4.78, 5) is 22.1. The molecule has 0 saturated heterocycles. The summed E-state index contributed by atoms with van der Waals surface area (Å²) in [5.41, 5.74) is 7.30. The standard InChI is InChI=1S/C14H19NO4.K.H/c1-14(2,3)9-4-5-10(8(6-9)7-15)11(12(16)17)13(18)19;;/h4-6,11H,7,15H2,1-3H3,(H,16,17)(H,18,19);;/q;+1;-1. The Labute approximate surface area is 162 Å². The van der Waals surface area contributed by atoms with Crippen LogP contribution in [0.4, 0.5) is 0 Å². The van der Waals surface area contributed by atoms with Gasteiger partial charge in [-0.2, -0.15) is 0 Å². The van der Waals surface area contributed by atoms with Gasteiger partial charge in [0.05, 0.1) is 0 Å². The van der Waals surface area contributed by atoms with E-state index in [-0.39, 0.29) is 70.3 Å². The van der Waals surface area contributed by atoms with E-state index in [1.54, 1.807) is 18.2 Å². The van der Waals surface area contributed by atoms with Gasteiger partial charge in [0.1, 0.15) is 0 Å². The van der Waals surface area contributed by atoms with Crippen LogP contribution in [0.5, 0.6) is 0 Å². The SMILES string of the molecule is CC(C)(C)c1ccc(C(C(=O)O)C(=O)O)c(CN)c1.[H-].[K+]. The molecule has 4 N–H and O–H groups in total. The van der Waals surface area contributed by atoms with Gasteiger partial charge < -0.3 is 17.4 Å². The molecule has 1 aromatic rings. The van der Waals surface area contributed by atoms with Crippen molar-refractivity contribution in [2.45, 2.75) is 38.6 Å². The fourth-order valence-electron chi connectivity index (χ4n) is 1.90. The maximum Gasteiger partial charge on any atom is 1.00 e. The molecule has 0 fully saturated rings. The maximum atomic E-state index is 11.1. The van der Waals surface area contributed by atoms with E-state index in [1.807, 2.05) is 20.8 Å². The van der Waals surface area contributed by atoms with Gasteiger partial charge in [-0.25, -0.2) is 0 Å². The molecule has 0 amide bonds. The molecule has 0 unspecified atom stereocenters. The summed E-state index contributed by atoms with van der Waals surface area (Å²) in [5, 5.41) is 18.0. The van der Waals surface area contributed by atoms with Gasteiger partial charge in [0.2, 0.25) is 0 Å². The second-order valence-electron chi connectivity index (χ2n) is 5.48. The average molecular weight is 305 g/mol. The smallest absolute Gasteiger partial charge is 1.00 e. The first kappa shape index (κ1) is 19.8. The number of carboxylic acids is 2. The summed E-state index contributed by atoms with van der Waals surface area (Å²) < 4.78 is 0. The Morgan fingerprint density at radius 3 is 2.10 bits per heavy atom. The quantitative estimate of drug-likeness (QED) is 0.480. The third-order valence-corrected chi connectivity index (χ3v) is 3.03. The summed E-state index contributed by atoms with van der Waals surface area (Å²) in [6.45, 7) is 6.17. The van der Waals surface area contributed by atoms with E-state index >= 15 is 0 Å². The number of carbonyl (C=O) groups is 2. The largest absolute Gasteiger partial charge is 1.00 e. The fourth-order valence-corrected chi connectivity index (χ4v) is 1.90. The first-order chi connectivity index (χ1) is 8.68. The van der Waals surface area contributed by atoms with E-state index in [4.69, 9.17) is 15.9 Å². The normalized spacial score (nSPS) is 11.1. The van der Waals surface area contributed by atoms with Gasteiger partial charge in [0, 0.05) is 6.54 Å². The van der Waals surface area contributed by atoms with Gasteiger partial charge in [-0.05, 0) is 22.1 Å². The van der Waals surface area contributed by atoms with Gasteiger partial charge >= 0.3 is 63.3 Å². The average Bonchev–Trinajstić information content (AvgIpc) is 2.27. The number of nitrogens with two attached hydrogens (primary N) is 1. The second-order valence-corrected chi connectivity index (χ2v) is 5.48. The minimum absolute atomic E-state index is 0. The van der Waals surface area contributed by atoms with Gasteiger partial charge in [0.25, 0.3) is 0 Å². The van der Waals surface area contributed by atoms with Crippen LogP contribution in [-0.4, -0.2) is 22.2 Å². The van der Waals surface area contributed by atoms with Crippen molar-refractivity contribution in [2.24, 2.45) is 5.73 Å². The van der Waals surface area contributed by atoms with Crippen molar-refractivity contribution in [2.75, 3.05) is 0 Å². The van der Waals surface area contributed by atoms with Crippen molar-refractivity contribution >= 4 is 11.9 Å².